The molecule has 11 nitrogen and oxygen atoms in total. The van der Waals surface area contributed by atoms with Crippen molar-refractivity contribution in [2.24, 2.45) is 0 Å². The number of ether oxygens (including phenoxy) is 4. The van der Waals surface area contributed by atoms with Crippen molar-refractivity contribution in [1.29, 1.82) is 0 Å². The van der Waals surface area contributed by atoms with Crippen molar-refractivity contribution in [2.75, 3.05) is 80.4 Å². The minimum atomic E-state index is 0. The van der Waals surface area contributed by atoms with Crippen LogP contribution < -0.4 is 14.2 Å². The summed E-state index contributed by atoms with van der Waals surface area (Å²) in [5.41, 5.74) is 3.33. The SMILES string of the molecule is COc1nc(OC)c(CN2CC(C(c3ccccc3)c3ccccc3)N3CCN(C(=O)N4CCOCC4)C[C@H]3C2)c(OC)n1.Cl.Cl. The lowest BCUT2D eigenvalue weighted by Gasteiger charge is -2.54. The molecule has 0 saturated carbocycles. The molecule has 6 rings (SSSR count). The summed E-state index contributed by atoms with van der Waals surface area (Å²) in [4.78, 5) is 31.5. The number of carbonyl (C=O) groups excluding carboxylic acids is 1. The maximum Gasteiger partial charge on any atom is 0.322 e. The number of morpholine rings is 1. The minimum Gasteiger partial charge on any atom is -0.481 e. The highest BCUT2D eigenvalue weighted by Gasteiger charge is 2.44. The van der Waals surface area contributed by atoms with E-state index in [9.17, 15) is 4.79 Å². The molecule has 4 heterocycles. The normalized spacial score (nSPS) is 20.3. The lowest BCUT2D eigenvalue weighted by atomic mass is 9.81. The van der Waals surface area contributed by atoms with Gasteiger partial charge >= 0.3 is 12.0 Å². The third-order valence-electron chi connectivity index (χ3n) is 8.98. The van der Waals surface area contributed by atoms with E-state index in [0.29, 0.717) is 57.7 Å². The first-order chi connectivity index (χ1) is 21.6. The van der Waals surface area contributed by atoms with Crippen molar-refractivity contribution in [3.8, 4) is 17.8 Å². The summed E-state index contributed by atoms with van der Waals surface area (Å²) in [5.74, 6) is 1.01. The molecular formula is C33H44Cl2N6O5. The van der Waals surface area contributed by atoms with E-state index in [-0.39, 0.29) is 54.9 Å². The van der Waals surface area contributed by atoms with Crippen LogP contribution in [0.3, 0.4) is 0 Å². The molecule has 0 bridgehead atoms. The Balaban J connectivity index is 0.00000240. The van der Waals surface area contributed by atoms with Gasteiger partial charge in [0.25, 0.3) is 0 Å². The largest absolute Gasteiger partial charge is 0.481 e. The molecular weight excluding hydrogens is 631 g/mol. The van der Waals surface area contributed by atoms with Gasteiger partial charge in [0.2, 0.25) is 11.8 Å². The van der Waals surface area contributed by atoms with Gasteiger partial charge in [0.1, 0.15) is 0 Å². The summed E-state index contributed by atoms with van der Waals surface area (Å²) >= 11 is 0. The van der Waals surface area contributed by atoms with Gasteiger partial charge in [0.05, 0.1) is 40.1 Å². The van der Waals surface area contributed by atoms with E-state index >= 15 is 0 Å². The number of methoxy groups -OCH3 is 3. The smallest absolute Gasteiger partial charge is 0.322 e. The monoisotopic (exact) mass is 674 g/mol. The van der Waals surface area contributed by atoms with E-state index in [1.165, 1.54) is 18.2 Å². The number of benzene rings is 2. The average molecular weight is 676 g/mol. The first-order valence-electron chi connectivity index (χ1n) is 15.3. The number of halogens is 2. The first kappa shape index (κ1) is 35.5. The molecule has 3 aliphatic heterocycles. The number of aromatic nitrogens is 2. The number of carbonyl (C=O) groups is 1. The Hall–Kier alpha value is -3.35. The third-order valence-corrected chi connectivity index (χ3v) is 8.98. The van der Waals surface area contributed by atoms with E-state index < -0.39 is 0 Å². The number of fused-ring (bicyclic) bond motifs is 1. The van der Waals surface area contributed by atoms with Crippen molar-refractivity contribution in [1.82, 2.24) is 29.6 Å². The Morgan fingerprint density at radius 3 is 1.91 bits per heavy atom. The van der Waals surface area contributed by atoms with Gasteiger partial charge < -0.3 is 28.7 Å². The second-order valence-electron chi connectivity index (χ2n) is 11.5. The van der Waals surface area contributed by atoms with Crippen molar-refractivity contribution in [2.45, 2.75) is 24.5 Å². The van der Waals surface area contributed by atoms with Crippen LogP contribution in [-0.2, 0) is 11.3 Å². The maximum absolute atomic E-state index is 13.6. The summed E-state index contributed by atoms with van der Waals surface area (Å²) in [6.45, 7) is 6.75. The lowest BCUT2D eigenvalue weighted by molar-refractivity contribution is -0.0315. The fourth-order valence-corrected chi connectivity index (χ4v) is 6.94. The second kappa shape index (κ2) is 16.5. The Morgan fingerprint density at radius 1 is 0.783 bits per heavy atom. The van der Waals surface area contributed by atoms with Crippen LogP contribution in [0.2, 0.25) is 0 Å². The maximum atomic E-state index is 13.6. The minimum absolute atomic E-state index is 0. The van der Waals surface area contributed by atoms with Crippen LogP contribution >= 0.6 is 24.8 Å². The predicted molar refractivity (Wildman–Crippen MR) is 180 cm³/mol. The summed E-state index contributed by atoms with van der Waals surface area (Å²) in [6.07, 6.45) is 0. The summed E-state index contributed by atoms with van der Waals surface area (Å²) in [7, 11) is 4.73. The molecule has 2 aromatic carbocycles. The fourth-order valence-electron chi connectivity index (χ4n) is 6.94. The molecule has 13 heteroatoms. The molecule has 3 aliphatic rings. The van der Waals surface area contributed by atoms with Crippen LogP contribution in [0.25, 0.3) is 0 Å². The first-order valence-corrected chi connectivity index (χ1v) is 15.3. The van der Waals surface area contributed by atoms with Gasteiger partial charge in [-0.25, -0.2) is 4.79 Å². The highest BCUT2D eigenvalue weighted by atomic mass is 35.5. The Morgan fingerprint density at radius 2 is 1.37 bits per heavy atom. The molecule has 0 aliphatic carbocycles. The summed E-state index contributed by atoms with van der Waals surface area (Å²) in [5, 5.41) is 0. The zero-order valence-electron chi connectivity index (χ0n) is 26.6. The van der Waals surface area contributed by atoms with E-state index in [4.69, 9.17) is 18.9 Å². The zero-order valence-corrected chi connectivity index (χ0v) is 28.3. The van der Waals surface area contributed by atoms with E-state index in [1.54, 1.807) is 14.2 Å². The average Bonchev–Trinajstić information content (AvgIpc) is 3.09. The van der Waals surface area contributed by atoms with E-state index in [1.807, 2.05) is 9.80 Å². The number of nitrogens with zero attached hydrogens (tertiary/aromatic N) is 6. The molecule has 2 atom stereocenters. The number of piperazine rings is 2. The number of hydrogen-bond acceptors (Lipinski definition) is 9. The van der Waals surface area contributed by atoms with Crippen LogP contribution in [0.4, 0.5) is 4.79 Å². The summed E-state index contributed by atoms with van der Waals surface area (Å²) < 4.78 is 22.2. The molecule has 0 spiro atoms. The second-order valence-corrected chi connectivity index (χ2v) is 11.5. The van der Waals surface area contributed by atoms with Gasteiger partial charge in [-0.3, -0.25) is 9.80 Å². The molecule has 2 amide bonds. The van der Waals surface area contributed by atoms with Crippen molar-refractivity contribution in [3.05, 3.63) is 77.4 Å². The van der Waals surface area contributed by atoms with E-state index in [2.05, 4.69) is 80.4 Å². The van der Waals surface area contributed by atoms with Crippen molar-refractivity contribution in [3.63, 3.8) is 0 Å². The van der Waals surface area contributed by atoms with E-state index in [0.717, 1.165) is 25.2 Å². The number of rotatable bonds is 8. The summed E-state index contributed by atoms with van der Waals surface area (Å²) in [6, 6.07) is 22.1. The number of amides is 2. The lowest BCUT2D eigenvalue weighted by Crippen LogP contribution is -2.68. The molecule has 0 N–H and O–H groups in total. The number of hydrogen-bond donors (Lipinski definition) is 0. The van der Waals surface area contributed by atoms with Crippen LogP contribution in [0, 0.1) is 0 Å². The molecule has 1 unspecified atom stereocenters. The highest BCUT2D eigenvalue weighted by Crippen LogP contribution is 2.37. The Bertz CT molecular complexity index is 1340. The molecule has 0 radical (unpaired) electrons. The molecule has 3 aromatic rings. The molecule has 1 aromatic heterocycles. The molecule has 250 valence electrons. The highest BCUT2D eigenvalue weighted by molar-refractivity contribution is 5.85. The quantitative estimate of drug-likeness (QED) is 0.354. The topological polar surface area (TPSA) is 92.7 Å². The predicted octanol–water partition coefficient (Wildman–Crippen LogP) is 3.80. The Kier molecular flexibility index (Phi) is 12.7. The van der Waals surface area contributed by atoms with Crippen LogP contribution in [-0.4, -0.2) is 128 Å². The van der Waals surface area contributed by atoms with Crippen molar-refractivity contribution >= 4 is 30.8 Å². The van der Waals surface area contributed by atoms with Gasteiger partial charge in [-0.1, -0.05) is 60.7 Å². The zero-order chi connectivity index (χ0) is 30.5. The van der Waals surface area contributed by atoms with Crippen LogP contribution in [0.15, 0.2) is 60.7 Å². The third kappa shape index (κ3) is 7.61. The van der Waals surface area contributed by atoms with Crippen LogP contribution in [0.1, 0.15) is 22.6 Å². The Labute approximate surface area is 283 Å². The molecule has 3 saturated heterocycles. The fraction of sp³-hybridized carbons (Fsp3) is 0.485. The van der Waals surface area contributed by atoms with Crippen molar-refractivity contribution < 1.29 is 23.7 Å². The van der Waals surface area contributed by atoms with Gasteiger partial charge in [-0.2, -0.15) is 9.97 Å². The standard InChI is InChI=1S/C33H42N6O5.2ClH/c1-41-30-27(31(42-2)35-32(34-30)43-3)22-36-20-26-21-38(33(40)37-16-18-44-19-17-37)14-15-39(26)28(23-36)29(24-10-6-4-7-11-24)25-12-8-5-9-13-25;;/h4-13,26,28-29H,14-23H2,1-3H3;2*1H/t26-,28?;;/m1../s1. The molecule has 3 fully saturated rings. The van der Waals surface area contributed by atoms with Gasteiger partial charge in [-0.05, 0) is 11.1 Å². The van der Waals surface area contributed by atoms with Crippen LogP contribution in [0.5, 0.6) is 17.8 Å². The molecule has 46 heavy (non-hydrogen) atoms. The number of urea groups is 1. The van der Waals surface area contributed by atoms with Gasteiger partial charge in [0, 0.05) is 70.4 Å². The van der Waals surface area contributed by atoms with Gasteiger partial charge in [0.15, 0.2) is 0 Å². The van der Waals surface area contributed by atoms with Gasteiger partial charge in [-0.15, -0.1) is 24.8 Å².